The van der Waals surface area contributed by atoms with E-state index < -0.39 is 23.3 Å². The number of benzene rings is 2. The van der Waals surface area contributed by atoms with E-state index >= 15 is 0 Å². The first-order valence-electron chi connectivity index (χ1n) is 12.2. The van der Waals surface area contributed by atoms with Crippen molar-refractivity contribution >= 4 is 34.8 Å². The van der Waals surface area contributed by atoms with Crippen molar-refractivity contribution in [3.63, 3.8) is 0 Å². The Hall–Kier alpha value is -4.15. The Balaban J connectivity index is 1.43. The molecule has 7 nitrogen and oxygen atoms in total. The summed E-state index contributed by atoms with van der Waals surface area (Å²) in [7, 11) is 1.69. The van der Waals surface area contributed by atoms with Gasteiger partial charge in [0.25, 0.3) is 11.7 Å². The van der Waals surface area contributed by atoms with Gasteiger partial charge in [0.15, 0.2) is 0 Å². The number of anilines is 3. The summed E-state index contributed by atoms with van der Waals surface area (Å²) in [6.45, 7) is 0.0466. The summed E-state index contributed by atoms with van der Waals surface area (Å²) in [5.41, 5.74) is 1.15. The summed E-state index contributed by atoms with van der Waals surface area (Å²) >= 11 is 0. The molecule has 1 saturated carbocycles. The van der Waals surface area contributed by atoms with Gasteiger partial charge >= 0.3 is 6.18 Å². The van der Waals surface area contributed by atoms with E-state index in [0.717, 1.165) is 37.1 Å². The summed E-state index contributed by atoms with van der Waals surface area (Å²) in [4.78, 5) is 33.6. The van der Waals surface area contributed by atoms with Crippen LogP contribution in [0.25, 0.3) is 0 Å². The predicted octanol–water partition coefficient (Wildman–Crippen LogP) is 5.35. The third kappa shape index (κ3) is 3.84. The van der Waals surface area contributed by atoms with E-state index in [1.54, 1.807) is 22.7 Å². The van der Waals surface area contributed by atoms with Crippen molar-refractivity contribution < 1.29 is 27.2 Å². The molecular weight excluding hydrogens is 502 g/mol. The highest BCUT2D eigenvalue weighted by atomic mass is 19.4. The van der Waals surface area contributed by atoms with Crippen LogP contribution in [0.2, 0.25) is 0 Å². The van der Waals surface area contributed by atoms with Crippen LogP contribution in [0.15, 0.2) is 59.7 Å². The molecule has 3 aromatic rings. The lowest BCUT2D eigenvalue weighted by atomic mass is 10.1. The highest BCUT2D eigenvalue weighted by Crippen LogP contribution is 2.44. The van der Waals surface area contributed by atoms with Gasteiger partial charge in [-0.3, -0.25) is 14.5 Å². The summed E-state index contributed by atoms with van der Waals surface area (Å²) < 4.78 is 54.9. The van der Waals surface area contributed by atoms with Gasteiger partial charge in [-0.25, -0.2) is 9.38 Å². The molecular formula is C27H23F4N5O2. The molecule has 0 radical (unpaired) electrons. The zero-order valence-electron chi connectivity index (χ0n) is 20.3. The number of guanidine groups is 1. The second kappa shape index (κ2) is 8.71. The molecule has 1 N–H and O–H groups in total. The van der Waals surface area contributed by atoms with Gasteiger partial charge in [-0.2, -0.15) is 13.2 Å². The Kier molecular flexibility index (Phi) is 5.55. The van der Waals surface area contributed by atoms with Crippen LogP contribution in [-0.2, 0) is 6.54 Å². The normalized spacial score (nSPS) is 20.2. The van der Waals surface area contributed by atoms with Crippen LogP contribution in [0.4, 0.5) is 34.8 Å². The van der Waals surface area contributed by atoms with Crippen molar-refractivity contribution in [1.29, 1.82) is 0 Å². The third-order valence-electron chi connectivity index (χ3n) is 7.33. The molecule has 11 heteroatoms. The number of carbonyl (C=O) groups is 2. The quantitative estimate of drug-likeness (QED) is 0.360. The molecule has 0 saturated heterocycles. The number of amides is 1. The number of hydrogen-bond donors (Lipinski definition) is 1. The number of fused-ring (bicyclic) bond motifs is 5. The number of aliphatic imine (C=N–C) groups is 1. The minimum atomic E-state index is -5.17. The largest absolute Gasteiger partial charge is 0.454 e. The lowest BCUT2D eigenvalue weighted by Crippen LogP contribution is -2.51. The van der Waals surface area contributed by atoms with Crippen LogP contribution in [0.5, 0.6) is 0 Å². The Morgan fingerprint density at radius 2 is 1.89 bits per heavy atom. The number of nitrogens with zero attached hydrogens (tertiary/aromatic N) is 4. The molecule has 0 spiro atoms. The van der Waals surface area contributed by atoms with Crippen LogP contribution in [-0.4, -0.2) is 52.4 Å². The van der Waals surface area contributed by atoms with Gasteiger partial charge in [0.1, 0.15) is 17.2 Å². The number of alkyl halides is 3. The standard InChI is InChI=1S/C27H23F4N5O2/c1-34-25(38)22-21(36-20-9-5-8-19(20)33-26(34)36)14-35(24(22)32-16-6-3-2-4-7-16)13-15-10-11-17(18(28)12-15)23(37)27(29,30)31/h2-4,6-7,10-12,14,19-20,32H,5,8-9,13H2,1H3/t19-,20+/m1/s1. The molecule has 0 unspecified atom stereocenters. The highest BCUT2D eigenvalue weighted by Gasteiger charge is 2.48. The molecule has 196 valence electrons. The molecule has 1 aromatic heterocycles. The van der Waals surface area contributed by atoms with Gasteiger partial charge in [0.2, 0.25) is 5.96 Å². The number of para-hydroxylation sites is 1. The van der Waals surface area contributed by atoms with E-state index in [4.69, 9.17) is 4.99 Å². The zero-order valence-corrected chi connectivity index (χ0v) is 20.3. The van der Waals surface area contributed by atoms with E-state index in [2.05, 4.69) is 10.2 Å². The van der Waals surface area contributed by atoms with Crippen molar-refractivity contribution in [2.45, 2.75) is 44.1 Å². The van der Waals surface area contributed by atoms with Crippen LogP contribution in [0.1, 0.15) is 45.5 Å². The van der Waals surface area contributed by atoms with Crippen molar-refractivity contribution in [2.75, 3.05) is 17.3 Å². The number of rotatable bonds is 5. The van der Waals surface area contributed by atoms with E-state index in [9.17, 15) is 27.2 Å². The molecule has 3 aliphatic rings. The summed E-state index contributed by atoms with van der Waals surface area (Å²) in [5, 5.41) is 3.31. The monoisotopic (exact) mass is 525 g/mol. The molecule has 1 amide bonds. The second-order valence-electron chi connectivity index (χ2n) is 9.73. The maximum atomic E-state index is 14.6. The molecule has 0 bridgehead atoms. The van der Waals surface area contributed by atoms with E-state index in [1.807, 2.05) is 30.3 Å². The molecule has 1 aliphatic carbocycles. The Labute approximate surface area is 215 Å². The lowest BCUT2D eigenvalue weighted by Gasteiger charge is -2.35. The van der Waals surface area contributed by atoms with E-state index in [0.29, 0.717) is 28.6 Å². The highest BCUT2D eigenvalue weighted by molar-refractivity contribution is 6.22. The Morgan fingerprint density at radius 3 is 2.61 bits per heavy atom. The van der Waals surface area contributed by atoms with Crippen LogP contribution in [0, 0.1) is 5.82 Å². The van der Waals surface area contributed by atoms with Crippen LogP contribution in [0.3, 0.4) is 0 Å². The first-order chi connectivity index (χ1) is 18.1. The fourth-order valence-corrected chi connectivity index (χ4v) is 5.57. The van der Waals surface area contributed by atoms with Crippen LogP contribution < -0.4 is 10.2 Å². The van der Waals surface area contributed by atoms with E-state index in [-0.39, 0.29) is 24.5 Å². The molecule has 2 atom stereocenters. The van der Waals surface area contributed by atoms with Gasteiger partial charge in [0.05, 0.1) is 23.3 Å². The summed E-state index contributed by atoms with van der Waals surface area (Å²) in [6, 6.07) is 12.5. The minimum absolute atomic E-state index is 0.0466. The Bertz CT molecular complexity index is 1480. The third-order valence-corrected chi connectivity index (χ3v) is 7.33. The van der Waals surface area contributed by atoms with Crippen LogP contribution >= 0.6 is 0 Å². The van der Waals surface area contributed by atoms with Crippen molar-refractivity contribution in [1.82, 2.24) is 9.47 Å². The first-order valence-corrected chi connectivity index (χ1v) is 12.2. The Morgan fingerprint density at radius 1 is 1.13 bits per heavy atom. The summed E-state index contributed by atoms with van der Waals surface area (Å²) in [6.07, 6.45) is -0.456. The molecule has 2 aromatic carbocycles. The summed E-state index contributed by atoms with van der Waals surface area (Å²) in [5.74, 6) is -2.66. The number of nitrogens with one attached hydrogen (secondary N) is 1. The first kappa shape index (κ1) is 24.2. The van der Waals surface area contributed by atoms with Gasteiger partial charge in [-0.05, 0) is 49.1 Å². The average Bonchev–Trinajstić information content (AvgIpc) is 3.56. The fraction of sp³-hybridized carbons (Fsp3) is 0.296. The van der Waals surface area contributed by atoms with Gasteiger partial charge in [-0.15, -0.1) is 0 Å². The van der Waals surface area contributed by atoms with Gasteiger partial charge < -0.3 is 14.8 Å². The molecule has 1 fully saturated rings. The lowest BCUT2D eigenvalue weighted by molar-refractivity contribution is -0.0887. The molecule has 3 heterocycles. The van der Waals surface area contributed by atoms with Crippen molar-refractivity contribution in [3.05, 3.63) is 77.2 Å². The predicted molar refractivity (Wildman–Crippen MR) is 133 cm³/mol. The molecule has 6 rings (SSSR count). The number of aromatic nitrogens is 1. The van der Waals surface area contributed by atoms with E-state index in [1.165, 1.54) is 6.07 Å². The number of hydrogen-bond acceptors (Lipinski definition) is 5. The van der Waals surface area contributed by atoms with Gasteiger partial charge in [0, 0.05) is 25.5 Å². The number of ketones is 1. The second-order valence-corrected chi connectivity index (χ2v) is 9.73. The SMILES string of the molecule is CN1C(=O)c2c(cn(Cc3ccc(C(=O)C(F)(F)F)c(F)c3)c2Nc2ccccc2)N2C1=N[C@@H]1CCC[C@@H]12. The fourth-order valence-electron chi connectivity index (χ4n) is 5.57. The smallest absolute Gasteiger partial charge is 0.341 e. The maximum absolute atomic E-state index is 14.6. The average molecular weight is 526 g/mol. The number of halogens is 4. The van der Waals surface area contributed by atoms with Gasteiger partial charge in [-0.1, -0.05) is 24.3 Å². The molecule has 38 heavy (non-hydrogen) atoms. The van der Waals surface area contributed by atoms with Crippen molar-refractivity contribution in [3.8, 4) is 0 Å². The number of Topliss-reactive ketones (excluding diaryl/α,β-unsaturated/α-hetero) is 1. The molecule has 2 aliphatic heterocycles. The van der Waals surface area contributed by atoms with Crippen molar-refractivity contribution in [2.24, 2.45) is 4.99 Å². The number of carbonyl (C=O) groups excluding carboxylic acids is 2. The minimum Gasteiger partial charge on any atom is -0.341 e. The maximum Gasteiger partial charge on any atom is 0.454 e. The topological polar surface area (TPSA) is 69.9 Å². The zero-order chi connectivity index (χ0) is 26.8.